The van der Waals surface area contributed by atoms with Crippen LogP contribution in [0.4, 0.5) is 10.6 Å². The molecule has 1 atom stereocenters. The van der Waals surface area contributed by atoms with Crippen molar-refractivity contribution in [2.75, 3.05) is 64.4 Å². The highest BCUT2D eigenvalue weighted by molar-refractivity contribution is 5.67. The molecule has 1 aliphatic carbocycles. The first kappa shape index (κ1) is 40.7. The predicted molar refractivity (Wildman–Crippen MR) is 171 cm³/mol. The molecule has 1 saturated carbocycles. The van der Waals surface area contributed by atoms with E-state index in [-0.39, 0.29) is 0 Å². The van der Waals surface area contributed by atoms with E-state index in [9.17, 15) is 9.59 Å². The molecule has 0 aromatic carbocycles. The lowest BCUT2D eigenvalue weighted by atomic mass is 9.78. The maximum absolute atomic E-state index is 11.7. The SMILES string of the molecule is CC.CC.CC.CCC.CCOC(=O)Oc1cccnc1N1CCN(C2CCC3(C2)CN(C)C3)CC1.CCOC=O. The van der Waals surface area contributed by atoms with Crippen LogP contribution in [0.15, 0.2) is 18.3 Å². The van der Waals surface area contributed by atoms with Crippen LogP contribution in [0.5, 0.6) is 5.75 Å². The molecule has 240 valence electrons. The number of rotatable bonds is 6. The third kappa shape index (κ3) is 14.9. The van der Waals surface area contributed by atoms with E-state index in [2.05, 4.69) is 45.3 Å². The van der Waals surface area contributed by atoms with Gasteiger partial charge in [0.15, 0.2) is 11.6 Å². The van der Waals surface area contributed by atoms with Crippen molar-refractivity contribution in [1.82, 2.24) is 14.8 Å². The number of carbonyl (C=O) groups is 2. The fourth-order valence-electron chi connectivity index (χ4n) is 5.18. The van der Waals surface area contributed by atoms with Gasteiger partial charge in [0, 0.05) is 51.5 Å². The second kappa shape index (κ2) is 25.3. The van der Waals surface area contributed by atoms with Gasteiger partial charge in [-0.3, -0.25) is 9.69 Å². The van der Waals surface area contributed by atoms with E-state index >= 15 is 0 Å². The Labute approximate surface area is 251 Å². The number of nitrogens with zero attached hydrogens (tertiary/aromatic N) is 4. The molecule has 4 rings (SSSR count). The molecule has 3 aliphatic rings. The lowest BCUT2D eigenvalue weighted by Crippen LogP contribution is -2.54. The highest BCUT2D eigenvalue weighted by Gasteiger charge is 2.48. The molecule has 1 aromatic heterocycles. The summed E-state index contributed by atoms with van der Waals surface area (Å²) in [6.45, 7) is 27.4. The fraction of sp³-hybridized carbons (Fsp3) is 0.781. The predicted octanol–water partition coefficient (Wildman–Crippen LogP) is 6.90. The normalized spacial score (nSPS) is 18.4. The van der Waals surface area contributed by atoms with E-state index in [1.165, 1.54) is 38.8 Å². The van der Waals surface area contributed by atoms with Crippen LogP contribution in [0, 0.1) is 5.41 Å². The number of likely N-dealkylation sites (tertiary alicyclic amines) is 1. The Hall–Kier alpha value is -2.39. The highest BCUT2D eigenvalue weighted by atomic mass is 16.7. The van der Waals surface area contributed by atoms with Crippen molar-refractivity contribution in [3.8, 4) is 5.75 Å². The van der Waals surface area contributed by atoms with Gasteiger partial charge in [-0.2, -0.15) is 0 Å². The molecule has 0 N–H and O–H groups in total. The smallest absolute Gasteiger partial charge is 0.468 e. The van der Waals surface area contributed by atoms with Gasteiger partial charge in [0.25, 0.3) is 6.47 Å². The van der Waals surface area contributed by atoms with Gasteiger partial charge in [0.05, 0.1) is 13.2 Å². The topological polar surface area (TPSA) is 84.4 Å². The van der Waals surface area contributed by atoms with Gasteiger partial charge in [-0.1, -0.05) is 61.8 Å². The van der Waals surface area contributed by atoms with Gasteiger partial charge in [0.2, 0.25) is 0 Å². The van der Waals surface area contributed by atoms with Crippen molar-refractivity contribution in [1.29, 1.82) is 0 Å². The number of carbonyl (C=O) groups excluding carboxylic acids is 2. The summed E-state index contributed by atoms with van der Waals surface area (Å²) in [6.07, 6.45) is 6.37. The summed E-state index contributed by atoms with van der Waals surface area (Å²) in [7, 11) is 2.22. The van der Waals surface area contributed by atoms with Crippen molar-refractivity contribution in [2.24, 2.45) is 5.41 Å². The summed E-state index contributed by atoms with van der Waals surface area (Å²) in [5.41, 5.74) is 0.595. The largest absolute Gasteiger partial charge is 0.513 e. The Bertz CT molecular complexity index is 766. The number of pyridine rings is 1. The Morgan fingerprint density at radius 1 is 1.00 bits per heavy atom. The maximum Gasteiger partial charge on any atom is 0.513 e. The summed E-state index contributed by atoms with van der Waals surface area (Å²) in [4.78, 5) is 32.6. The average molecular weight is 583 g/mol. The van der Waals surface area contributed by atoms with Crippen LogP contribution < -0.4 is 9.64 Å². The molecule has 9 nitrogen and oxygen atoms in total. The quantitative estimate of drug-likeness (QED) is 0.263. The number of ether oxygens (including phenoxy) is 3. The van der Waals surface area contributed by atoms with Crippen LogP contribution in [0.1, 0.15) is 94.9 Å². The minimum Gasteiger partial charge on any atom is -0.468 e. The molecule has 9 heteroatoms. The van der Waals surface area contributed by atoms with E-state index in [1.807, 2.05) is 41.5 Å². The van der Waals surface area contributed by atoms with Gasteiger partial charge < -0.3 is 24.0 Å². The van der Waals surface area contributed by atoms with E-state index in [0.717, 1.165) is 38.0 Å². The maximum atomic E-state index is 11.7. The summed E-state index contributed by atoms with van der Waals surface area (Å²) in [5, 5.41) is 0. The van der Waals surface area contributed by atoms with E-state index in [0.29, 0.717) is 30.9 Å². The highest BCUT2D eigenvalue weighted by Crippen LogP contribution is 2.46. The second-order valence-corrected chi connectivity index (χ2v) is 9.46. The first-order valence-electron chi connectivity index (χ1n) is 15.9. The van der Waals surface area contributed by atoms with E-state index in [4.69, 9.17) is 9.47 Å². The summed E-state index contributed by atoms with van der Waals surface area (Å²) in [5.74, 6) is 1.20. The monoisotopic (exact) mass is 582 g/mol. The van der Waals surface area contributed by atoms with E-state index in [1.54, 1.807) is 32.2 Å². The lowest BCUT2D eigenvalue weighted by molar-refractivity contribution is -0.128. The fourth-order valence-corrected chi connectivity index (χ4v) is 5.18. The van der Waals surface area contributed by atoms with Crippen molar-refractivity contribution in [3.63, 3.8) is 0 Å². The molecule has 0 amide bonds. The van der Waals surface area contributed by atoms with Crippen molar-refractivity contribution in [3.05, 3.63) is 18.3 Å². The minimum atomic E-state index is -0.674. The molecule has 3 fully saturated rings. The van der Waals surface area contributed by atoms with Gasteiger partial charge in [-0.05, 0) is 57.7 Å². The zero-order valence-electron chi connectivity index (χ0n) is 28.2. The molecule has 41 heavy (non-hydrogen) atoms. The summed E-state index contributed by atoms with van der Waals surface area (Å²) < 4.78 is 14.4. The van der Waals surface area contributed by atoms with E-state index < -0.39 is 6.16 Å². The first-order valence-corrected chi connectivity index (χ1v) is 15.9. The van der Waals surface area contributed by atoms with Crippen molar-refractivity contribution >= 4 is 18.4 Å². The number of anilines is 1. The third-order valence-electron chi connectivity index (χ3n) is 6.46. The van der Waals surface area contributed by atoms with Gasteiger partial charge >= 0.3 is 6.16 Å². The minimum absolute atomic E-state index is 0.297. The summed E-state index contributed by atoms with van der Waals surface area (Å²) >= 11 is 0. The standard InChI is InChI=1S/C20H30N4O3.C3H6O2.C3H8.3C2H6/c1-3-26-19(25)27-17-5-4-8-21-18(17)24-11-9-23(10-12-24)16-6-7-20(13-16)14-22(2)15-20;1-2-5-3-4;1-3-2;3*1-2/h4-5,8,16H,3,6-7,9-15H2,1-2H3;3H,2H2,1H3;3H2,1-2H3;3*1-2H3. The van der Waals surface area contributed by atoms with Crippen LogP contribution in [-0.2, 0) is 14.3 Å². The van der Waals surface area contributed by atoms with Crippen LogP contribution in [0.2, 0.25) is 0 Å². The zero-order chi connectivity index (χ0) is 31.7. The molecule has 0 radical (unpaired) electrons. The van der Waals surface area contributed by atoms with Crippen LogP contribution in [0.25, 0.3) is 0 Å². The Morgan fingerprint density at radius 3 is 2.05 bits per heavy atom. The lowest BCUT2D eigenvalue weighted by Gasteiger charge is -2.47. The number of hydrogen-bond acceptors (Lipinski definition) is 9. The Balaban J connectivity index is 0. The Kier molecular flexibility index (Phi) is 25.2. The van der Waals surface area contributed by atoms with Crippen LogP contribution in [0.3, 0.4) is 0 Å². The van der Waals surface area contributed by atoms with Crippen LogP contribution in [-0.4, -0.2) is 93.0 Å². The third-order valence-corrected chi connectivity index (χ3v) is 6.46. The molecular formula is C32H62N4O5. The van der Waals surface area contributed by atoms with Crippen molar-refractivity contribution in [2.45, 2.75) is 101 Å². The molecule has 3 heterocycles. The number of hydrogen-bond donors (Lipinski definition) is 0. The average Bonchev–Trinajstić information content (AvgIpc) is 3.43. The number of aromatic nitrogens is 1. The van der Waals surface area contributed by atoms with Gasteiger partial charge in [-0.15, -0.1) is 0 Å². The Morgan fingerprint density at radius 2 is 1.59 bits per heavy atom. The molecule has 1 unspecified atom stereocenters. The number of piperazine rings is 1. The molecule has 1 spiro atoms. The molecule has 2 saturated heterocycles. The van der Waals surface area contributed by atoms with Crippen molar-refractivity contribution < 1.29 is 23.8 Å². The molecular weight excluding hydrogens is 520 g/mol. The van der Waals surface area contributed by atoms with Crippen LogP contribution >= 0.6 is 0 Å². The van der Waals surface area contributed by atoms with Gasteiger partial charge in [0.1, 0.15) is 0 Å². The molecule has 0 bridgehead atoms. The zero-order valence-corrected chi connectivity index (χ0v) is 28.2. The second-order valence-electron chi connectivity index (χ2n) is 9.46. The summed E-state index contributed by atoms with van der Waals surface area (Å²) in [6, 6.07) is 4.28. The molecule has 2 aliphatic heterocycles. The van der Waals surface area contributed by atoms with Gasteiger partial charge in [-0.25, -0.2) is 9.78 Å². The molecule has 1 aromatic rings. The first-order chi connectivity index (χ1) is 19.9.